The van der Waals surface area contributed by atoms with E-state index in [0.29, 0.717) is 10.7 Å². The van der Waals surface area contributed by atoms with Crippen LogP contribution in [0.25, 0.3) is 10.9 Å². The van der Waals surface area contributed by atoms with E-state index in [-0.39, 0.29) is 5.92 Å². The zero-order valence-electron chi connectivity index (χ0n) is 9.99. The molecule has 0 aliphatic heterocycles. The number of benzene rings is 1. The summed E-state index contributed by atoms with van der Waals surface area (Å²) in [6, 6.07) is 5.55. The lowest BCUT2D eigenvalue weighted by Gasteiger charge is -2.06. The normalized spacial score (nSPS) is 11.4. The SMILES string of the molecule is CC(C)c1c(C(=O)O)n(C)c2c(Cl)cccc12. The summed E-state index contributed by atoms with van der Waals surface area (Å²) in [5, 5.41) is 10.8. The third-order valence-corrected chi connectivity index (χ3v) is 3.29. The summed E-state index contributed by atoms with van der Waals surface area (Å²) in [5.41, 5.74) is 1.95. The highest BCUT2D eigenvalue weighted by Crippen LogP contribution is 2.34. The molecule has 0 aliphatic rings. The second kappa shape index (κ2) is 4.08. The van der Waals surface area contributed by atoms with Crippen molar-refractivity contribution in [1.29, 1.82) is 0 Å². The van der Waals surface area contributed by atoms with Gasteiger partial charge in [0.2, 0.25) is 0 Å². The van der Waals surface area contributed by atoms with Crippen molar-refractivity contribution in [2.45, 2.75) is 19.8 Å². The molecule has 0 unspecified atom stereocenters. The van der Waals surface area contributed by atoms with Crippen molar-refractivity contribution in [3.63, 3.8) is 0 Å². The first-order valence-corrected chi connectivity index (χ1v) is 5.83. The van der Waals surface area contributed by atoms with Crippen molar-refractivity contribution in [2.24, 2.45) is 7.05 Å². The number of halogens is 1. The van der Waals surface area contributed by atoms with Crippen molar-refractivity contribution in [3.8, 4) is 0 Å². The van der Waals surface area contributed by atoms with Crippen LogP contribution in [0.15, 0.2) is 18.2 Å². The van der Waals surface area contributed by atoms with E-state index in [1.807, 2.05) is 26.0 Å². The fraction of sp³-hybridized carbons (Fsp3) is 0.308. The van der Waals surface area contributed by atoms with E-state index >= 15 is 0 Å². The number of rotatable bonds is 2. The predicted molar refractivity (Wildman–Crippen MR) is 69.0 cm³/mol. The minimum Gasteiger partial charge on any atom is -0.477 e. The molecule has 1 aromatic carbocycles. The zero-order valence-corrected chi connectivity index (χ0v) is 10.7. The minimum atomic E-state index is -0.913. The zero-order chi connectivity index (χ0) is 12.7. The number of aryl methyl sites for hydroxylation is 1. The van der Waals surface area contributed by atoms with Crippen LogP contribution in [0.4, 0.5) is 0 Å². The monoisotopic (exact) mass is 251 g/mol. The molecule has 2 rings (SSSR count). The van der Waals surface area contributed by atoms with Crippen LogP contribution in [0.5, 0.6) is 0 Å². The summed E-state index contributed by atoms with van der Waals surface area (Å²) in [7, 11) is 1.74. The van der Waals surface area contributed by atoms with E-state index in [1.165, 1.54) is 0 Å². The smallest absolute Gasteiger partial charge is 0.352 e. The molecule has 0 aliphatic carbocycles. The molecule has 1 N–H and O–H groups in total. The van der Waals surface area contributed by atoms with Gasteiger partial charge >= 0.3 is 5.97 Å². The third-order valence-electron chi connectivity index (χ3n) is 2.98. The van der Waals surface area contributed by atoms with E-state index in [4.69, 9.17) is 11.6 Å². The number of aromatic carboxylic acids is 1. The van der Waals surface area contributed by atoms with Crippen LogP contribution in [0, 0.1) is 0 Å². The predicted octanol–water partition coefficient (Wildman–Crippen LogP) is 3.65. The first-order valence-electron chi connectivity index (χ1n) is 5.45. The molecule has 0 saturated heterocycles. The lowest BCUT2D eigenvalue weighted by molar-refractivity contribution is 0.0685. The molecule has 0 fully saturated rings. The van der Waals surface area contributed by atoms with Gasteiger partial charge in [-0.05, 0) is 17.5 Å². The largest absolute Gasteiger partial charge is 0.477 e. The Morgan fingerprint density at radius 3 is 2.59 bits per heavy atom. The van der Waals surface area contributed by atoms with E-state index < -0.39 is 5.97 Å². The molecule has 0 spiro atoms. The molecular formula is C13H14ClNO2. The number of hydrogen-bond acceptors (Lipinski definition) is 1. The van der Waals surface area contributed by atoms with Gasteiger partial charge in [-0.3, -0.25) is 0 Å². The number of aromatic nitrogens is 1. The molecule has 90 valence electrons. The van der Waals surface area contributed by atoms with Gasteiger partial charge in [-0.1, -0.05) is 37.6 Å². The maximum absolute atomic E-state index is 11.4. The molecule has 3 nitrogen and oxygen atoms in total. The Morgan fingerprint density at radius 1 is 1.41 bits per heavy atom. The quantitative estimate of drug-likeness (QED) is 0.885. The number of para-hydroxylation sites is 1. The van der Waals surface area contributed by atoms with Gasteiger partial charge in [0, 0.05) is 12.4 Å². The first kappa shape index (κ1) is 12.0. The summed E-state index contributed by atoms with van der Waals surface area (Å²) in [4.78, 5) is 11.4. The van der Waals surface area contributed by atoms with E-state index in [2.05, 4.69) is 0 Å². The summed E-state index contributed by atoms with van der Waals surface area (Å²) >= 11 is 6.14. The van der Waals surface area contributed by atoms with Gasteiger partial charge in [0.15, 0.2) is 0 Å². The number of hydrogen-bond donors (Lipinski definition) is 1. The van der Waals surface area contributed by atoms with Gasteiger partial charge in [0.1, 0.15) is 5.69 Å². The number of carbonyl (C=O) groups is 1. The fourth-order valence-corrected chi connectivity index (χ4v) is 2.64. The minimum absolute atomic E-state index is 0.142. The number of fused-ring (bicyclic) bond motifs is 1. The third kappa shape index (κ3) is 1.71. The fourth-order valence-electron chi connectivity index (χ4n) is 2.34. The average molecular weight is 252 g/mol. The Morgan fingerprint density at radius 2 is 2.06 bits per heavy atom. The maximum Gasteiger partial charge on any atom is 0.352 e. The lowest BCUT2D eigenvalue weighted by Crippen LogP contribution is -2.08. The molecule has 0 radical (unpaired) electrons. The molecule has 17 heavy (non-hydrogen) atoms. The average Bonchev–Trinajstić information content (AvgIpc) is 2.53. The second-order valence-corrected chi connectivity index (χ2v) is 4.82. The van der Waals surface area contributed by atoms with Crippen LogP contribution in [0.1, 0.15) is 35.8 Å². The molecule has 0 atom stereocenters. The highest BCUT2D eigenvalue weighted by Gasteiger charge is 2.23. The van der Waals surface area contributed by atoms with Crippen molar-refractivity contribution in [2.75, 3.05) is 0 Å². The Hall–Kier alpha value is -1.48. The molecule has 2 aromatic rings. The second-order valence-electron chi connectivity index (χ2n) is 4.42. The number of carboxylic acids is 1. The highest BCUT2D eigenvalue weighted by atomic mass is 35.5. The van der Waals surface area contributed by atoms with Gasteiger partial charge in [-0.15, -0.1) is 0 Å². The van der Waals surface area contributed by atoms with Gasteiger partial charge in [0.05, 0.1) is 10.5 Å². The first-order chi connectivity index (χ1) is 7.95. The standard InChI is InChI=1S/C13H14ClNO2/c1-7(2)10-8-5-4-6-9(14)11(8)15(3)12(10)13(16)17/h4-7H,1-3H3,(H,16,17). The Labute approximate surface area is 105 Å². The molecule has 0 saturated carbocycles. The molecular weight excluding hydrogens is 238 g/mol. The number of nitrogens with zero attached hydrogens (tertiary/aromatic N) is 1. The molecule has 0 amide bonds. The summed E-state index contributed by atoms with van der Waals surface area (Å²) < 4.78 is 1.66. The van der Waals surface area contributed by atoms with Crippen LogP contribution in [0.2, 0.25) is 5.02 Å². The van der Waals surface area contributed by atoms with Gasteiger partial charge in [-0.25, -0.2) is 4.79 Å². The van der Waals surface area contributed by atoms with E-state index in [0.717, 1.165) is 16.5 Å². The Kier molecular flexibility index (Phi) is 2.87. The van der Waals surface area contributed by atoms with Crippen LogP contribution < -0.4 is 0 Å². The number of carboxylic acid groups (broad SMARTS) is 1. The Balaban J connectivity index is 2.98. The van der Waals surface area contributed by atoms with Crippen LogP contribution in [0.3, 0.4) is 0 Å². The van der Waals surface area contributed by atoms with Gasteiger partial charge < -0.3 is 9.67 Å². The Bertz CT molecular complexity index is 599. The van der Waals surface area contributed by atoms with Crippen LogP contribution in [-0.2, 0) is 7.05 Å². The highest BCUT2D eigenvalue weighted by molar-refractivity contribution is 6.35. The van der Waals surface area contributed by atoms with Crippen LogP contribution >= 0.6 is 11.6 Å². The summed E-state index contributed by atoms with van der Waals surface area (Å²) in [6.45, 7) is 3.98. The van der Waals surface area contributed by atoms with Crippen molar-refractivity contribution >= 4 is 28.5 Å². The van der Waals surface area contributed by atoms with E-state index in [1.54, 1.807) is 17.7 Å². The molecule has 1 heterocycles. The summed E-state index contributed by atoms with van der Waals surface area (Å²) in [5.74, 6) is -0.772. The lowest BCUT2D eigenvalue weighted by atomic mass is 9.99. The van der Waals surface area contributed by atoms with Crippen molar-refractivity contribution in [1.82, 2.24) is 4.57 Å². The van der Waals surface area contributed by atoms with E-state index in [9.17, 15) is 9.90 Å². The molecule has 1 aromatic heterocycles. The van der Waals surface area contributed by atoms with Crippen molar-refractivity contribution < 1.29 is 9.90 Å². The molecule has 4 heteroatoms. The topological polar surface area (TPSA) is 42.2 Å². The van der Waals surface area contributed by atoms with Gasteiger partial charge in [-0.2, -0.15) is 0 Å². The molecule has 0 bridgehead atoms. The van der Waals surface area contributed by atoms with Crippen molar-refractivity contribution in [3.05, 3.63) is 34.5 Å². The van der Waals surface area contributed by atoms with Gasteiger partial charge in [0.25, 0.3) is 0 Å². The summed E-state index contributed by atoms with van der Waals surface area (Å²) in [6.07, 6.45) is 0. The van der Waals surface area contributed by atoms with Crippen LogP contribution in [-0.4, -0.2) is 15.6 Å². The maximum atomic E-state index is 11.4.